The van der Waals surface area contributed by atoms with Gasteiger partial charge in [-0.3, -0.25) is 0 Å². The summed E-state index contributed by atoms with van der Waals surface area (Å²) in [5, 5.41) is 18.7. The number of diazo groups is 1. The minimum absolute atomic E-state index is 0.342. The van der Waals surface area contributed by atoms with E-state index >= 15 is 0 Å². The van der Waals surface area contributed by atoms with Gasteiger partial charge < -0.3 is 14.2 Å². The third kappa shape index (κ3) is 2.71. The predicted octanol–water partition coefficient (Wildman–Crippen LogP) is 3.21. The molecule has 0 atom stereocenters. The molecule has 0 saturated carbocycles. The van der Waals surface area contributed by atoms with Crippen LogP contribution in [0.15, 0.2) is 35.8 Å². The van der Waals surface area contributed by atoms with Crippen molar-refractivity contribution in [3.63, 3.8) is 0 Å². The summed E-state index contributed by atoms with van der Waals surface area (Å²) in [6.45, 7) is 0. The standard InChI is InChI=1S/C10H11N2O4P/c1-15-17(14,16-2)10(12-11)9(13)8-6-4-3-5-7-8/h3-7H,1-2H3/p+1. The molecule has 1 aromatic rings. The monoisotopic (exact) mass is 255 g/mol. The zero-order valence-electron chi connectivity index (χ0n) is 9.40. The Kier molecular flexibility index (Phi) is 4.41. The van der Waals surface area contributed by atoms with Crippen LogP contribution in [0.2, 0.25) is 0 Å². The highest BCUT2D eigenvalue weighted by Crippen LogP contribution is 2.57. The van der Waals surface area contributed by atoms with Crippen molar-refractivity contribution in [3.05, 3.63) is 46.3 Å². The zero-order chi connectivity index (χ0) is 12.9. The van der Waals surface area contributed by atoms with Crippen molar-refractivity contribution >= 4 is 13.4 Å². The smallest absolute Gasteiger partial charge is 0.501 e. The minimum atomic E-state index is -3.80. The van der Waals surface area contributed by atoms with Crippen LogP contribution in [0.5, 0.6) is 0 Å². The molecule has 0 aliphatic carbocycles. The van der Waals surface area contributed by atoms with Crippen molar-refractivity contribution in [2.45, 2.75) is 0 Å². The van der Waals surface area contributed by atoms with E-state index in [4.69, 9.17) is 5.39 Å². The van der Waals surface area contributed by atoms with Crippen LogP contribution in [0.1, 0.15) is 5.56 Å². The van der Waals surface area contributed by atoms with Gasteiger partial charge in [-0.2, -0.15) is 0 Å². The molecule has 7 heteroatoms. The highest BCUT2D eigenvalue weighted by Gasteiger charge is 2.44. The summed E-state index contributed by atoms with van der Waals surface area (Å²) in [6, 6.07) is 8.22. The Morgan fingerprint density at radius 2 is 1.82 bits per heavy atom. The average molecular weight is 255 g/mol. The summed E-state index contributed by atoms with van der Waals surface area (Å²) in [5.74, 6) is -0.458. The highest BCUT2D eigenvalue weighted by molar-refractivity contribution is 7.58. The van der Waals surface area contributed by atoms with Gasteiger partial charge in [0.05, 0.1) is 0 Å². The zero-order valence-corrected chi connectivity index (χ0v) is 10.3. The summed E-state index contributed by atoms with van der Waals surface area (Å²) in [5.41, 5.74) is -0.191. The van der Waals surface area contributed by atoms with Gasteiger partial charge in [-0.1, -0.05) is 30.3 Å². The number of nitrogens with zero attached hydrogens (tertiary/aromatic N) is 2. The Labute approximate surface area is 98.6 Å². The molecule has 0 aliphatic heterocycles. The maximum absolute atomic E-state index is 12.0. The number of hydrogen-bond donors (Lipinski definition) is 1. The van der Waals surface area contributed by atoms with Crippen molar-refractivity contribution in [1.29, 1.82) is 5.39 Å². The van der Waals surface area contributed by atoms with Gasteiger partial charge in [0.15, 0.2) is 4.98 Å². The van der Waals surface area contributed by atoms with Crippen LogP contribution < -0.4 is 0 Å². The Bertz CT molecular complexity index is 499. The van der Waals surface area contributed by atoms with Crippen molar-refractivity contribution in [2.24, 2.45) is 0 Å². The predicted molar refractivity (Wildman–Crippen MR) is 62.7 cm³/mol. The second-order valence-electron chi connectivity index (χ2n) is 3.00. The van der Waals surface area contributed by atoms with Crippen LogP contribution in [0.25, 0.3) is 10.7 Å². The van der Waals surface area contributed by atoms with Gasteiger partial charge in [0.25, 0.3) is 0 Å². The summed E-state index contributed by atoms with van der Waals surface area (Å²) in [4.78, 5) is 2.79. The second kappa shape index (κ2) is 5.60. The SMILES string of the molecule is COP(=O)(OC)/C([N+]#N)=C(\O)c1ccccc1. The molecule has 0 bridgehead atoms. The lowest BCUT2D eigenvalue weighted by molar-refractivity contribution is 0.283. The van der Waals surface area contributed by atoms with Crippen molar-refractivity contribution < 1.29 is 18.7 Å². The maximum Gasteiger partial charge on any atom is 0.511 e. The van der Waals surface area contributed by atoms with E-state index in [1.165, 1.54) is 0 Å². The molecule has 0 spiro atoms. The van der Waals surface area contributed by atoms with E-state index in [0.717, 1.165) is 14.2 Å². The maximum atomic E-state index is 12.0. The van der Waals surface area contributed by atoms with Crippen molar-refractivity contribution in [2.75, 3.05) is 14.2 Å². The van der Waals surface area contributed by atoms with Gasteiger partial charge in [0.1, 0.15) is 0 Å². The first-order valence-electron chi connectivity index (χ1n) is 4.65. The van der Waals surface area contributed by atoms with Crippen LogP contribution in [-0.4, -0.2) is 19.3 Å². The van der Waals surface area contributed by atoms with Crippen LogP contribution >= 0.6 is 7.60 Å². The van der Waals surface area contributed by atoms with Gasteiger partial charge in [0.2, 0.25) is 11.2 Å². The van der Waals surface area contributed by atoms with Crippen molar-refractivity contribution in [1.82, 2.24) is 0 Å². The van der Waals surface area contributed by atoms with Gasteiger partial charge in [-0.05, 0) is 0 Å². The van der Waals surface area contributed by atoms with Gasteiger partial charge in [-0.15, -0.1) is 0 Å². The number of rotatable bonds is 4. The van der Waals surface area contributed by atoms with Crippen LogP contribution in [0.3, 0.4) is 0 Å². The second-order valence-corrected chi connectivity index (χ2v) is 5.15. The number of aliphatic hydroxyl groups excluding tert-OH is 1. The van der Waals surface area contributed by atoms with Gasteiger partial charge in [0, 0.05) is 19.8 Å². The average Bonchev–Trinajstić information content (AvgIpc) is 2.40. The summed E-state index contributed by atoms with van der Waals surface area (Å²) in [7, 11) is -1.53. The summed E-state index contributed by atoms with van der Waals surface area (Å²) >= 11 is 0. The highest BCUT2D eigenvalue weighted by atomic mass is 31.2. The fourth-order valence-electron chi connectivity index (χ4n) is 1.20. The first kappa shape index (κ1) is 13.4. The van der Waals surface area contributed by atoms with Gasteiger partial charge in [-0.25, -0.2) is 4.57 Å². The molecule has 0 amide bonds. The molecule has 90 valence electrons. The van der Waals surface area contributed by atoms with Crippen molar-refractivity contribution in [3.8, 4) is 0 Å². The third-order valence-electron chi connectivity index (χ3n) is 2.09. The molecule has 0 aromatic heterocycles. The molecule has 1 rings (SSSR count). The molecule has 6 nitrogen and oxygen atoms in total. The number of aliphatic hydroxyl groups is 1. The lowest BCUT2D eigenvalue weighted by Gasteiger charge is -2.06. The van der Waals surface area contributed by atoms with E-state index in [9.17, 15) is 9.67 Å². The normalized spacial score (nSPS) is 12.8. The molecule has 17 heavy (non-hydrogen) atoms. The first-order valence-corrected chi connectivity index (χ1v) is 6.19. The quantitative estimate of drug-likeness (QED) is 0.507. The summed E-state index contributed by atoms with van der Waals surface area (Å²) < 4.78 is 21.3. The minimum Gasteiger partial charge on any atom is -0.501 e. The molecule has 0 unspecified atom stereocenters. The number of hydrogen-bond acceptors (Lipinski definition) is 5. The molecule has 0 radical (unpaired) electrons. The Morgan fingerprint density at radius 3 is 2.24 bits per heavy atom. The third-order valence-corrected chi connectivity index (χ3v) is 3.88. The van der Waals surface area contributed by atoms with Gasteiger partial charge >= 0.3 is 13.0 Å². The lowest BCUT2D eigenvalue weighted by Crippen LogP contribution is -1.94. The van der Waals surface area contributed by atoms with E-state index < -0.39 is 18.8 Å². The lowest BCUT2D eigenvalue weighted by atomic mass is 10.2. The summed E-state index contributed by atoms with van der Waals surface area (Å²) in [6.07, 6.45) is 0. The van der Waals surface area contributed by atoms with Crippen LogP contribution in [0, 0.1) is 5.39 Å². The van der Waals surface area contributed by atoms with E-state index in [2.05, 4.69) is 14.0 Å². The topological polar surface area (TPSA) is 83.9 Å². The fraction of sp³-hybridized carbons (Fsp3) is 0.200. The van der Waals surface area contributed by atoms with E-state index in [0.29, 0.717) is 5.56 Å². The molecule has 0 fully saturated rings. The molecule has 1 aromatic carbocycles. The Morgan fingerprint density at radius 1 is 1.29 bits per heavy atom. The molecule has 0 heterocycles. The Balaban J connectivity index is 3.36. The van der Waals surface area contributed by atoms with Crippen LogP contribution in [0.4, 0.5) is 0 Å². The fourth-order valence-corrected chi connectivity index (χ4v) is 2.20. The molecule has 0 saturated heterocycles. The Hall–Kier alpha value is -1.67. The molecular weight excluding hydrogens is 243 g/mol. The molecule has 1 N–H and O–H groups in total. The van der Waals surface area contributed by atoms with E-state index in [1.807, 2.05) is 0 Å². The first-order chi connectivity index (χ1) is 8.09. The van der Waals surface area contributed by atoms with Crippen LogP contribution in [-0.2, 0) is 13.6 Å². The number of benzene rings is 1. The van der Waals surface area contributed by atoms with E-state index in [-0.39, 0.29) is 0 Å². The largest absolute Gasteiger partial charge is 0.511 e. The molecular formula is C10H12N2O4P+. The van der Waals surface area contributed by atoms with E-state index in [1.54, 1.807) is 30.3 Å². The molecule has 0 aliphatic rings.